The second-order valence-corrected chi connectivity index (χ2v) is 7.21. The van der Waals surface area contributed by atoms with Crippen LogP contribution in [0.1, 0.15) is 37.5 Å². The van der Waals surface area contributed by atoms with Gasteiger partial charge in [-0.3, -0.25) is 9.30 Å². The lowest BCUT2D eigenvalue weighted by Gasteiger charge is -2.23. The molecule has 1 aliphatic heterocycles. The summed E-state index contributed by atoms with van der Waals surface area (Å²) in [6.07, 6.45) is 13.2. The van der Waals surface area contributed by atoms with Crippen LogP contribution >= 0.6 is 15.9 Å². The number of anilines is 1. The van der Waals surface area contributed by atoms with Crippen molar-refractivity contribution in [3.8, 4) is 0 Å². The Morgan fingerprint density at radius 1 is 1.42 bits per heavy atom. The van der Waals surface area contributed by atoms with E-state index in [0.29, 0.717) is 23.6 Å². The van der Waals surface area contributed by atoms with Crippen molar-refractivity contribution in [1.29, 1.82) is 0 Å². The third-order valence-corrected chi connectivity index (χ3v) is 5.34. The first kappa shape index (κ1) is 17.1. The molecule has 1 saturated heterocycles. The zero-order valence-electron chi connectivity index (χ0n) is 14.3. The largest absolute Gasteiger partial charge is 0.445 e. The van der Waals surface area contributed by atoms with Gasteiger partial charge in [-0.15, -0.1) is 0 Å². The number of carbonyl (C=O) groups is 1. The molecule has 1 atom stereocenters. The number of amides is 1. The van der Waals surface area contributed by atoms with E-state index in [-0.39, 0.29) is 12.1 Å². The molecule has 2 aromatic heterocycles. The van der Waals surface area contributed by atoms with Crippen LogP contribution in [0.3, 0.4) is 0 Å². The fraction of sp³-hybridized carbons (Fsp3) is 0.389. The normalized spacial score (nSPS) is 19.8. The molecule has 2 N–H and O–H groups in total. The number of nitrogens with two attached hydrogens (primary N) is 1. The molecule has 0 saturated carbocycles. The zero-order chi connectivity index (χ0) is 18.1. The molecule has 1 fully saturated rings. The summed E-state index contributed by atoms with van der Waals surface area (Å²) in [5, 5.41) is 0. The lowest BCUT2D eigenvalue weighted by molar-refractivity contribution is 0.105. The van der Waals surface area contributed by atoms with Crippen molar-refractivity contribution in [2.45, 2.75) is 31.7 Å². The maximum absolute atomic E-state index is 12.6. The van der Waals surface area contributed by atoms with Gasteiger partial charge in [-0.2, -0.15) is 0 Å². The van der Waals surface area contributed by atoms with Crippen LogP contribution in [0.25, 0.3) is 5.52 Å². The van der Waals surface area contributed by atoms with Crippen molar-refractivity contribution < 1.29 is 9.53 Å². The molecule has 0 aromatic carbocycles. The number of carbonyl (C=O) groups excluding carboxylic acids is 1. The van der Waals surface area contributed by atoms with Crippen LogP contribution in [0.2, 0.25) is 0 Å². The molecule has 3 heterocycles. The SMILES string of the molecule is Nc1nccn2c(C3CCCN3C(=O)OCC3=CCCC=C3)nc(Br)c12. The number of ether oxygens (including phenoxy) is 1. The Labute approximate surface area is 159 Å². The summed E-state index contributed by atoms with van der Waals surface area (Å²) < 4.78 is 8.07. The number of allylic oxidation sites excluding steroid dienone is 2. The van der Waals surface area contributed by atoms with E-state index in [1.54, 1.807) is 11.1 Å². The van der Waals surface area contributed by atoms with Gasteiger partial charge in [0.15, 0.2) is 5.82 Å². The van der Waals surface area contributed by atoms with Gasteiger partial charge < -0.3 is 10.5 Å². The van der Waals surface area contributed by atoms with Crippen molar-refractivity contribution in [1.82, 2.24) is 19.3 Å². The van der Waals surface area contributed by atoms with E-state index in [9.17, 15) is 4.79 Å². The quantitative estimate of drug-likeness (QED) is 0.823. The van der Waals surface area contributed by atoms with E-state index in [1.807, 2.05) is 16.7 Å². The monoisotopic (exact) mass is 417 g/mol. The number of aromatic nitrogens is 3. The van der Waals surface area contributed by atoms with E-state index in [2.05, 4.69) is 38.0 Å². The number of imidazole rings is 1. The molecule has 8 heteroatoms. The van der Waals surface area contributed by atoms with Gasteiger partial charge in [-0.25, -0.2) is 14.8 Å². The standard InChI is InChI=1S/C18H20BrN5O2/c19-15-14-16(20)21-8-10-24(14)17(22-15)13-7-4-9-23(13)18(25)26-11-12-5-2-1-3-6-12/h2,5-6,8,10,13H,1,3-4,7,9,11H2,(H2,20,21). The number of fused-ring (bicyclic) bond motifs is 1. The Morgan fingerprint density at radius 3 is 3.12 bits per heavy atom. The Hall–Kier alpha value is -2.35. The van der Waals surface area contributed by atoms with Gasteiger partial charge in [0.25, 0.3) is 0 Å². The molecular weight excluding hydrogens is 398 g/mol. The van der Waals surface area contributed by atoms with Gasteiger partial charge in [0.05, 0.1) is 6.04 Å². The van der Waals surface area contributed by atoms with Crippen LogP contribution in [-0.2, 0) is 4.74 Å². The lowest BCUT2D eigenvalue weighted by atomic mass is 10.1. The number of likely N-dealkylation sites (tertiary alicyclic amines) is 1. The van der Waals surface area contributed by atoms with Gasteiger partial charge in [0, 0.05) is 18.9 Å². The summed E-state index contributed by atoms with van der Waals surface area (Å²) in [5.41, 5.74) is 7.75. The summed E-state index contributed by atoms with van der Waals surface area (Å²) in [4.78, 5) is 23.1. The topological polar surface area (TPSA) is 85.8 Å². The van der Waals surface area contributed by atoms with Gasteiger partial charge >= 0.3 is 6.09 Å². The van der Waals surface area contributed by atoms with E-state index in [4.69, 9.17) is 10.5 Å². The van der Waals surface area contributed by atoms with Crippen molar-refractivity contribution in [2.75, 3.05) is 18.9 Å². The Morgan fingerprint density at radius 2 is 2.31 bits per heavy atom. The predicted molar refractivity (Wildman–Crippen MR) is 102 cm³/mol. The molecular formula is C18H20BrN5O2. The first-order chi connectivity index (χ1) is 12.6. The summed E-state index contributed by atoms with van der Waals surface area (Å²) in [6, 6.07) is -0.140. The zero-order valence-corrected chi connectivity index (χ0v) is 15.9. The molecule has 7 nitrogen and oxygen atoms in total. The van der Waals surface area contributed by atoms with E-state index < -0.39 is 0 Å². The number of hydrogen-bond donors (Lipinski definition) is 1. The minimum absolute atomic E-state index is 0.140. The summed E-state index contributed by atoms with van der Waals surface area (Å²) in [7, 11) is 0. The van der Waals surface area contributed by atoms with E-state index >= 15 is 0 Å². The maximum atomic E-state index is 12.6. The van der Waals surface area contributed by atoms with Crippen molar-refractivity contribution in [3.63, 3.8) is 0 Å². The predicted octanol–water partition coefficient (Wildman–Crippen LogP) is 3.62. The molecule has 0 bridgehead atoms. The van der Waals surface area contributed by atoms with Crippen LogP contribution in [0.15, 0.2) is 40.8 Å². The summed E-state index contributed by atoms with van der Waals surface area (Å²) in [6.45, 7) is 0.965. The lowest BCUT2D eigenvalue weighted by Crippen LogP contribution is -2.32. The number of nitrogen functional groups attached to an aromatic ring is 1. The molecule has 2 aliphatic rings. The van der Waals surface area contributed by atoms with Crippen molar-refractivity contribution >= 4 is 33.4 Å². The molecule has 1 unspecified atom stereocenters. The Kier molecular flexibility index (Phi) is 4.67. The molecule has 1 aliphatic carbocycles. The van der Waals surface area contributed by atoms with Gasteiger partial charge in [0.1, 0.15) is 22.6 Å². The van der Waals surface area contributed by atoms with Crippen LogP contribution in [-0.4, -0.2) is 38.5 Å². The van der Waals surface area contributed by atoms with Crippen LogP contribution < -0.4 is 5.73 Å². The van der Waals surface area contributed by atoms with Crippen molar-refractivity contribution in [3.05, 3.63) is 46.6 Å². The highest BCUT2D eigenvalue weighted by atomic mass is 79.9. The average molecular weight is 418 g/mol. The second kappa shape index (κ2) is 7.11. The first-order valence-corrected chi connectivity index (χ1v) is 9.51. The molecule has 4 rings (SSSR count). The summed E-state index contributed by atoms with van der Waals surface area (Å²) in [5.74, 6) is 1.17. The highest BCUT2D eigenvalue weighted by molar-refractivity contribution is 9.10. The molecule has 2 aromatic rings. The molecule has 26 heavy (non-hydrogen) atoms. The minimum Gasteiger partial charge on any atom is -0.445 e. The van der Waals surface area contributed by atoms with Gasteiger partial charge in [-0.1, -0.05) is 18.2 Å². The smallest absolute Gasteiger partial charge is 0.410 e. The van der Waals surface area contributed by atoms with Crippen molar-refractivity contribution in [2.24, 2.45) is 0 Å². The fourth-order valence-corrected chi connectivity index (χ4v) is 4.11. The van der Waals surface area contributed by atoms with E-state index in [1.165, 1.54) is 0 Å². The minimum atomic E-state index is -0.303. The van der Waals surface area contributed by atoms with E-state index in [0.717, 1.165) is 42.6 Å². The van der Waals surface area contributed by atoms with Crippen LogP contribution in [0.5, 0.6) is 0 Å². The Balaban J connectivity index is 1.55. The number of halogens is 1. The third-order valence-electron chi connectivity index (χ3n) is 4.79. The molecule has 136 valence electrons. The second-order valence-electron chi connectivity index (χ2n) is 6.46. The van der Waals surface area contributed by atoms with Crippen LogP contribution in [0, 0.1) is 0 Å². The van der Waals surface area contributed by atoms with Gasteiger partial charge in [-0.05, 0) is 47.2 Å². The average Bonchev–Trinajstić information content (AvgIpc) is 3.26. The number of nitrogens with zero attached hydrogens (tertiary/aromatic N) is 4. The number of hydrogen-bond acceptors (Lipinski definition) is 5. The number of rotatable bonds is 3. The highest BCUT2D eigenvalue weighted by Gasteiger charge is 2.34. The van der Waals surface area contributed by atoms with Crippen LogP contribution in [0.4, 0.5) is 10.6 Å². The maximum Gasteiger partial charge on any atom is 0.410 e. The molecule has 0 spiro atoms. The van der Waals surface area contributed by atoms with Gasteiger partial charge in [0.2, 0.25) is 0 Å². The summed E-state index contributed by atoms with van der Waals surface area (Å²) >= 11 is 3.45. The fourth-order valence-electron chi connectivity index (χ4n) is 3.53. The third kappa shape index (κ3) is 3.09. The molecule has 1 amide bonds. The molecule has 0 radical (unpaired) electrons. The Bertz CT molecular complexity index is 904. The highest BCUT2D eigenvalue weighted by Crippen LogP contribution is 2.35. The first-order valence-electron chi connectivity index (χ1n) is 8.72.